The Balaban J connectivity index is 2.00. The highest BCUT2D eigenvalue weighted by molar-refractivity contribution is 5.95. The smallest absolute Gasteiger partial charge is 0.279 e. The lowest BCUT2D eigenvalue weighted by Gasteiger charge is -2.14. The number of carbonyl (C=O) groups is 2. The second-order valence-corrected chi connectivity index (χ2v) is 6.05. The molecule has 0 unspecified atom stereocenters. The number of carbonyl (C=O) groups excluding carboxylic acids is 2. The highest BCUT2D eigenvalue weighted by Crippen LogP contribution is 2.27. The van der Waals surface area contributed by atoms with E-state index >= 15 is 0 Å². The van der Waals surface area contributed by atoms with Crippen molar-refractivity contribution in [2.24, 2.45) is 0 Å². The zero-order valence-electron chi connectivity index (χ0n) is 15.3. The summed E-state index contributed by atoms with van der Waals surface area (Å²) in [5, 5.41) is 7.05. The number of methoxy groups -OCH3 is 1. The summed E-state index contributed by atoms with van der Waals surface area (Å²) < 4.78 is 31.6. The van der Waals surface area contributed by atoms with E-state index in [0.29, 0.717) is 22.7 Å². The molecule has 2 aromatic carbocycles. The van der Waals surface area contributed by atoms with Gasteiger partial charge in [-0.05, 0) is 43.3 Å². The lowest BCUT2D eigenvalue weighted by Crippen LogP contribution is -2.86. The summed E-state index contributed by atoms with van der Waals surface area (Å²) in [7, 11) is 1.47. The second kappa shape index (κ2) is 9.09. The van der Waals surface area contributed by atoms with Crippen LogP contribution in [0.25, 0.3) is 0 Å². The monoisotopic (exact) mass is 378 g/mol. The van der Waals surface area contributed by atoms with Crippen molar-refractivity contribution in [2.75, 3.05) is 24.3 Å². The lowest BCUT2D eigenvalue weighted by atomic mass is 10.1. The standard InChI is InChI=1S/C19H21F2N3O3/c1-11(13-4-6-15(20)16(21)8-13)22-10-19(26)24-17-9-14(23-12(2)25)5-7-18(17)27-3/h4-9,11,22H,10H2,1-3H3,(H,23,25)(H,24,26)/p+1/t11-/m0/s1. The molecule has 0 aliphatic carbocycles. The summed E-state index contributed by atoms with van der Waals surface area (Å²) in [5.41, 5.74) is 1.52. The van der Waals surface area contributed by atoms with Crippen LogP contribution in [0.3, 0.4) is 0 Å². The average molecular weight is 378 g/mol. The molecule has 27 heavy (non-hydrogen) atoms. The molecular weight excluding hydrogens is 356 g/mol. The fraction of sp³-hybridized carbons (Fsp3) is 0.263. The summed E-state index contributed by atoms with van der Waals surface area (Å²) in [6.45, 7) is 3.24. The van der Waals surface area contributed by atoms with Crippen LogP contribution in [-0.4, -0.2) is 25.5 Å². The largest absolute Gasteiger partial charge is 0.495 e. The number of amides is 2. The van der Waals surface area contributed by atoms with Crippen molar-refractivity contribution in [3.63, 3.8) is 0 Å². The van der Waals surface area contributed by atoms with Gasteiger partial charge in [-0.1, -0.05) is 0 Å². The minimum absolute atomic E-state index is 0.0632. The van der Waals surface area contributed by atoms with Crippen LogP contribution in [0.4, 0.5) is 20.2 Å². The Morgan fingerprint density at radius 1 is 1.11 bits per heavy atom. The summed E-state index contributed by atoms with van der Waals surface area (Å²) in [6.07, 6.45) is 0. The van der Waals surface area contributed by atoms with Crippen molar-refractivity contribution >= 4 is 23.2 Å². The molecule has 8 heteroatoms. The second-order valence-electron chi connectivity index (χ2n) is 6.05. The zero-order chi connectivity index (χ0) is 20.0. The van der Waals surface area contributed by atoms with E-state index in [1.807, 2.05) is 0 Å². The van der Waals surface area contributed by atoms with Crippen molar-refractivity contribution < 1.29 is 28.4 Å². The number of halogens is 2. The van der Waals surface area contributed by atoms with E-state index in [0.717, 1.165) is 12.1 Å². The molecule has 6 nitrogen and oxygen atoms in total. The molecule has 0 aliphatic heterocycles. The lowest BCUT2D eigenvalue weighted by molar-refractivity contribution is -0.682. The van der Waals surface area contributed by atoms with Gasteiger partial charge in [0.25, 0.3) is 5.91 Å². The van der Waals surface area contributed by atoms with Crippen LogP contribution in [-0.2, 0) is 9.59 Å². The number of anilines is 2. The fourth-order valence-electron chi connectivity index (χ4n) is 2.50. The van der Waals surface area contributed by atoms with Gasteiger partial charge in [0, 0.05) is 18.2 Å². The van der Waals surface area contributed by atoms with Crippen molar-refractivity contribution in [1.82, 2.24) is 0 Å². The number of ether oxygens (including phenoxy) is 1. The minimum atomic E-state index is -0.920. The Hall–Kier alpha value is -3.00. The van der Waals surface area contributed by atoms with Gasteiger partial charge in [-0.25, -0.2) is 8.78 Å². The van der Waals surface area contributed by atoms with Crippen molar-refractivity contribution in [3.05, 3.63) is 53.6 Å². The Morgan fingerprint density at radius 2 is 1.85 bits per heavy atom. The summed E-state index contributed by atoms with van der Waals surface area (Å²) in [5.74, 6) is -1.91. The van der Waals surface area contributed by atoms with Gasteiger partial charge in [0.05, 0.1) is 12.8 Å². The van der Waals surface area contributed by atoms with Gasteiger partial charge in [0.1, 0.15) is 11.8 Å². The summed E-state index contributed by atoms with van der Waals surface area (Å²) >= 11 is 0. The third-order valence-electron chi connectivity index (χ3n) is 3.92. The van der Waals surface area contributed by atoms with E-state index in [9.17, 15) is 18.4 Å². The molecule has 0 spiro atoms. The zero-order valence-corrected chi connectivity index (χ0v) is 15.3. The number of rotatable bonds is 7. The van der Waals surface area contributed by atoms with Crippen LogP contribution in [0.1, 0.15) is 25.5 Å². The molecule has 0 aliphatic rings. The summed E-state index contributed by atoms with van der Waals surface area (Å²) in [6, 6.07) is 8.32. The van der Waals surface area contributed by atoms with E-state index < -0.39 is 11.6 Å². The molecule has 0 heterocycles. The molecule has 0 bridgehead atoms. The van der Waals surface area contributed by atoms with Crippen LogP contribution in [0.5, 0.6) is 5.75 Å². The molecule has 0 radical (unpaired) electrons. The van der Waals surface area contributed by atoms with E-state index in [2.05, 4.69) is 10.6 Å². The number of nitrogens with two attached hydrogens (primary N) is 1. The molecule has 2 amide bonds. The molecule has 0 saturated carbocycles. The van der Waals surface area contributed by atoms with Crippen LogP contribution in [0, 0.1) is 11.6 Å². The van der Waals surface area contributed by atoms with E-state index in [1.54, 1.807) is 30.4 Å². The van der Waals surface area contributed by atoms with Crippen LogP contribution in [0.2, 0.25) is 0 Å². The van der Waals surface area contributed by atoms with Crippen molar-refractivity contribution in [2.45, 2.75) is 19.9 Å². The van der Waals surface area contributed by atoms with E-state index in [4.69, 9.17) is 4.74 Å². The Labute approximate surface area is 155 Å². The normalized spacial score (nSPS) is 11.6. The first-order valence-electron chi connectivity index (χ1n) is 8.34. The van der Waals surface area contributed by atoms with Crippen molar-refractivity contribution in [3.8, 4) is 5.75 Å². The third-order valence-corrected chi connectivity index (χ3v) is 3.92. The maximum Gasteiger partial charge on any atom is 0.279 e. The third kappa shape index (κ3) is 5.75. The first-order valence-corrected chi connectivity index (χ1v) is 8.34. The Bertz CT molecular complexity index is 843. The maximum absolute atomic E-state index is 13.3. The SMILES string of the molecule is COc1ccc(NC(C)=O)cc1NC(=O)C[NH2+][C@@H](C)c1ccc(F)c(F)c1. The topological polar surface area (TPSA) is 84.0 Å². The highest BCUT2D eigenvalue weighted by atomic mass is 19.2. The minimum Gasteiger partial charge on any atom is -0.495 e. The van der Waals surface area contributed by atoms with E-state index in [1.165, 1.54) is 20.1 Å². The summed E-state index contributed by atoms with van der Waals surface area (Å²) in [4.78, 5) is 23.4. The molecule has 2 aromatic rings. The predicted molar refractivity (Wildman–Crippen MR) is 97.5 cm³/mol. The maximum atomic E-state index is 13.3. The molecule has 1 atom stereocenters. The van der Waals surface area contributed by atoms with Gasteiger partial charge in [-0.2, -0.15) is 0 Å². The van der Waals surface area contributed by atoms with Crippen LogP contribution < -0.4 is 20.7 Å². The van der Waals surface area contributed by atoms with Gasteiger partial charge in [-0.15, -0.1) is 0 Å². The van der Waals surface area contributed by atoms with Crippen molar-refractivity contribution in [1.29, 1.82) is 0 Å². The molecule has 2 rings (SSSR count). The van der Waals surface area contributed by atoms with Gasteiger partial charge in [0.2, 0.25) is 5.91 Å². The Kier molecular flexibility index (Phi) is 6.84. The van der Waals surface area contributed by atoms with Gasteiger partial charge < -0.3 is 20.7 Å². The first kappa shape index (κ1) is 20.3. The number of hydrogen-bond donors (Lipinski definition) is 3. The van der Waals surface area contributed by atoms with Crippen LogP contribution >= 0.6 is 0 Å². The molecule has 144 valence electrons. The van der Waals surface area contributed by atoms with Crippen LogP contribution in [0.15, 0.2) is 36.4 Å². The molecular formula is C19H22F2N3O3+. The Morgan fingerprint density at radius 3 is 2.48 bits per heavy atom. The quantitative estimate of drug-likeness (QED) is 0.691. The first-order chi connectivity index (χ1) is 12.8. The fourth-order valence-corrected chi connectivity index (χ4v) is 2.50. The molecule has 0 saturated heterocycles. The molecule has 0 fully saturated rings. The number of benzene rings is 2. The predicted octanol–water partition coefficient (Wildman–Crippen LogP) is 2.19. The number of quaternary nitrogens is 1. The number of nitrogens with one attached hydrogen (secondary N) is 2. The van der Waals surface area contributed by atoms with Gasteiger partial charge in [0.15, 0.2) is 18.2 Å². The average Bonchev–Trinajstić information content (AvgIpc) is 2.61. The van der Waals surface area contributed by atoms with E-state index in [-0.39, 0.29) is 24.4 Å². The highest BCUT2D eigenvalue weighted by Gasteiger charge is 2.15. The van der Waals surface area contributed by atoms with Gasteiger partial charge in [-0.3, -0.25) is 9.59 Å². The van der Waals surface area contributed by atoms with Gasteiger partial charge >= 0.3 is 0 Å². The molecule has 4 N–H and O–H groups in total. The molecule has 0 aromatic heterocycles. The number of hydrogen-bond acceptors (Lipinski definition) is 3.